The van der Waals surface area contributed by atoms with E-state index < -0.39 is 11.2 Å². The molecule has 0 aliphatic carbocycles. The summed E-state index contributed by atoms with van der Waals surface area (Å²) in [5.74, 6) is 1.54. The number of methoxy groups -OCH3 is 1. The van der Waals surface area contributed by atoms with Gasteiger partial charge in [-0.1, -0.05) is 6.07 Å². The van der Waals surface area contributed by atoms with E-state index in [1.807, 2.05) is 45.0 Å². The molecule has 1 aliphatic rings. The van der Waals surface area contributed by atoms with Gasteiger partial charge in [0.05, 0.1) is 30.8 Å². The number of aromatic amines is 1. The number of nitrogens with one attached hydrogen (secondary N) is 2. The van der Waals surface area contributed by atoms with Gasteiger partial charge in [-0.15, -0.1) is 0 Å². The number of carbonyl (C=O) groups is 1. The van der Waals surface area contributed by atoms with E-state index in [4.69, 9.17) is 14.7 Å². The van der Waals surface area contributed by atoms with E-state index >= 15 is 0 Å². The fourth-order valence-electron chi connectivity index (χ4n) is 3.98. The molecule has 3 N–H and O–H groups in total. The molecule has 11 nitrogen and oxygen atoms in total. The Bertz CT molecular complexity index is 1270. The summed E-state index contributed by atoms with van der Waals surface area (Å²) in [5, 5.41) is 30.5. The van der Waals surface area contributed by atoms with Crippen molar-refractivity contribution in [1.29, 1.82) is 5.26 Å². The van der Waals surface area contributed by atoms with Gasteiger partial charge in [-0.25, -0.2) is 14.8 Å². The maximum absolute atomic E-state index is 12.4. The number of ether oxygens (including phenoxy) is 2. The molecule has 4 rings (SSSR count). The van der Waals surface area contributed by atoms with Crippen LogP contribution in [0.3, 0.4) is 0 Å². The Morgan fingerprint density at radius 1 is 1.19 bits per heavy atom. The first kappa shape index (κ1) is 24.9. The number of hydrogen-bond donors (Lipinski definition) is 3. The predicted molar refractivity (Wildman–Crippen MR) is 132 cm³/mol. The van der Waals surface area contributed by atoms with E-state index in [0.717, 1.165) is 11.1 Å². The molecule has 188 valence electrons. The number of hydrogen-bond acceptors (Lipinski definition) is 9. The van der Waals surface area contributed by atoms with Crippen molar-refractivity contribution in [2.75, 3.05) is 25.5 Å². The van der Waals surface area contributed by atoms with Gasteiger partial charge >= 0.3 is 6.09 Å². The highest BCUT2D eigenvalue weighted by Crippen LogP contribution is 2.38. The van der Waals surface area contributed by atoms with E-state index in [1.54, 1.807) is 18.1 Å². The van der Waals surface area contributed by atoms with Crippen LogP contribution in [0.15, 0.2) is 36.7 Å². The number of aromatic nitrogens is 4. The largest absolute Gasteiger partial charge is 0.496 e. The lowest BCUT2D eigenvalue weighted by Crippen LogP contribution is -2.46. The van der Waals surface area contributed by atoms with Crippen molar-refractivity contribution in [3.05, 3.63) is 47.9 Å². The number of anilines is 2. The van der Waals surface area contributed by atoms with Gasteiger partial charge in [0.25, 0.3) is 0 Å². The highest BCUT2D eigenvalue weighted by Gasteiger charge is 2.37. The molecule has 1 aromatic carbocycles. The molecule has 1 saturated heterocycles. The average molecular weight is 492 g/mol. The molecular formula is C25H29N7O4. The van der Waals surface area contributed by atoms with E-state index in [2.05, 4.69) is 25.5 Å². The molecule has 1 aliphatic heterocycles. The Balaban J connectivity index is 1.47. The van der Waals surface area contributed by atoms with Gasteiger partial charge in [-0.3, -0.25) is 5.10 Å². The standard InChI is InChI=1S/C25H29N7O4/c1-24(2,3)36-23(33)32-9-7-25(34,8-10-32)16-5-6-18(20(11-16)35-4)19-12-21(31-30-19)29-22-15-27-17(13-26)14-28-22/h5-6,11-12,14-15,34H,7-10H2,1-4H3,(H2,28,29,30,31). The molecular weight excluding hydrogens is 462 g/mol. The summed E-state index contributed by atoms with van der Waals surface area (Å²) in [7, 11) is 1.57. The van der Waals surface area contributed by atoms with Gasteiger partial charge in [0, 0.05) is 24.7 Å². The molecule has 2 aromatic heterocycles. The Kier molecular flexibility index (Phi) is 6.81. The first-order chi connectivity index (χ1) is 17.1. The lowest BCUT2D eigenvalue weighted by Gasteiger charge is -2.39. The quantitative estimate of drug-likeness (QED) is 0.485. The maximum Gasteiger partial charge on any atom is 0.410 e. The highest BCUT2D eigenvalue weighted by molar-refractivity contribution is 5.71. The van der Waals surface area contributed by atoms with E-state index in [1.165, 1.54) is 12.4 Å². The zero-order valence-electron chi connectivity index (χ0n) is 20.7. The third-order valence-electron chi connectivity index (χ3n) is 5.87. The third kappa shape index (κ3) is 5.55. The number of rotatable bonds is 5. The maximum atomic E-state index is 12.4. The van der Waals surface area contributed by atoms with Crippen LogP contribution in [0.25, 0.3) is 11.3 Å². The lowest BCUT2D eigenvalue weighted by molar-refractivity contribution is -0.0357. The SMILES string of the molecule is COc1cc(C2(O)CCN(C(=O)OC(C)(C)C)CC2)ccc1-c1cc(Nc2cnc(C#N)cn2)n[nH]1. The van der Waals surface area contributed by atoms with Gasteiger partial charge in [-0.05, 0) is 51.3 Å². The number of nitrogens with zero attached hydrogens (tertiary/aromatic N) is 5. The molecule has 0 saturated carbocycles. The van der Waals surface area contributed by atoms with E-state index in [9.17, 15) is 9.90 Å². The van der Waals surface area contributed by atoms with Crippen LogP contribution in [0, 0.1) is 11.3 Å². The van der Waals surface area contributed by atoms with Crippen LogP contribution in [0.1, 0.15) is 44.9 Å². The number of nitriles is 1. The number of H-pyrrole nitrogens is 1. The van der Waals surface area contributed by atoms with Crippen LogP contribution in [-0.4, -0.2) is 62.1 Å². The van der Waals surface area contributed by atoms with Crippen LogP contribution in [0.5, 0.6) is 5.75 Å². The molecule has 0 bridgehead atoms. The molecule has 0 atom stereocenters. The second-order valence-corrected chi connectivity index (χ2v) is 9.60. The van der Waals surface area contributed by atoms with Crippen LogP contribution in [0.2, 0.25) is 0 Å². The fraction of sp³-hybridized carbons (Fsp3) is 0.400. The van der Waals surface area contributed by atoms with Crippen molar-refractivity contribution in [3.8, 4) is 23.1 Å². The average Bonchev–Trinajstić information content (AvgIpc) is 3.31. The van der Waals surface area contributed by atoms with Crippen molar-refractivity contribution >= 4 is 17.7 Å². The molecule has 1 fully saturated rings. The number of amides is 1. The summed E-state index contributed by atoms with van der Waals surface area (Å²) in [6.45, 7) is 6.28. The summed E-state index contributed by atoms with van der Waals surface area (Å²) in [4.78, 5) is 22.1. The van der Waals surface area contributed by atoms with Gasteiger partial charge in [0.1, 0.15) is 23.2 Å². The van der Waals surface area contributed by atoms with Crippen LogP contribution >= 0.6 is 0 Å². The summed E-state index contributed by atoms with van der Waals surface area (Å²) in [5.41, 5.74) is 0.768. The zero-order chi connectivity index (χ0) is 25.9. The first-order valence-corrected chi connectivity index (χ1v) is 11.5. The van der Waals surface area contributed by atoms with Crippen molar-refractivity contribution < 1.29 is 19.4 Å². The summed E-state index contributed by atoms with van der Waals surface area (Å²) >= 11 is 0. The Hall–Kier alpha value is -4.17. The highest BCUT2D eigenvalue weighted by atomic mass is 16.6. The molecule has 3 heterocycles. The van der Waals surface area contributed by atoms with Gasteiger partial charge in [-0.2, -0.15) is 10.4 Å². The monoisotopic (exact) mass is 491 g/mol. The van der Waals surface area contributed by atoms with Crippen molar-refractivity contribution in [3.63, 3.8) is 0 Å². The van der Waals surface area contributed by atoms with Crippen molar-refractivity contribution in [2.24, 2.45) is 0 Å². The Labute approximate surface area is 209 Å². The smallest absolute Gasteiger partial charge is 0.410 e. The second kappa shape index (κ2) is 9.83. The van der Waals surface area contributed by atoms with Crippen LogP contribution < -0.4 is 10.1 Å². The predicted octanol–water partition coefficient (Wildman–Crippen LogP) is 3.71. The van der Waals surface area contributed by atoms with Gasteiger partial charge in [0.15, 0.2) is 11.5 Å². The third-order valence-corrected chi connectivity index (χ3v) is 5.87. The number of benzene rings is 1. The summed E-state index contributed by atoms with van der Waals surface area (Å²) < 4.78 is 11.1. The zero-order valence-corrected chi connectivity index (χ0v) is 20.7. The molecule has 11 heteroatoms. The van der Waals surface area contributed by atoms with Crippen LogP contribution in [0.4, 0.5) is 16.4 Å². The van der Waals surface area contributed by atoms with Crippen molar-refractivity contribution in [2.45, 2.75) is 44.8 Å². The van der Waals surface area contributed by atoms with E-state index in [0.29, 0.717) is 49.0 Å². The van der Waals surface area contributed by atoms with Gasteiger partial charge in [0.2, 0.25) is 0 Å². The van der Waals surface area contributed by atoms with E-state index in [-0.39, 0.29) is 11.8 Å². The Morgan fingerprint density at radius 2 is 1.94 bits per heavy atom. The van der Waals surface area contributed by atoms with Crippen molar-refractivity contribution in [1.82, 2.24) is 25.1 Å². The minimum atomic E-state index is -1.08. The summed E-state index contributed by atoms with van der Waals surface area (Å²) in [6, 6.07) is 9.27. The molecule has 0 radical (unpaired) electrons. The number of piperidine rings is 1. The number of carbonyl (C=O) groups excluding carboxylic acids is 1. The number of likely N-dealkylation sites (tertiary alicyclic amines) is 1. The minimum absolute atomic E-state index is 0.227. The molecule has 36 heavy (non-hydrogen) atoms. The molecule has 3 aromatic rings. The van der Waals surface area contributed by atoms with Gasteiger partial charge < -0.3 is 24.8 Å². The fourth-order valence-corrected chi connectivity index (χ4v) is 3.98. The molecule has 0 unspecified atom stereocenters. The lowest BCUT2D eigenvalue weighted by atomic mass is 9.84. The van der Waals surface area contributed by atoms with Crippen LogP contribution in [-0.2, 0) is 10.3 Å². The second-order valence-electron chi connectivity index (χ2n) is 9.60. The topological polar surface area (TPSA) is 149 Å². The molecule has 1 amide bonds. The summed E-state index contributed by atoms with van der Waals surface area (Å²) in [6.07, 6.45) is 3.24. The molecule has 0 spiro atoms. The minimum Gasteiger partial charge on any atom is -0.496 e. The normalized spacial score (nSPS) is 15.2. The first-order valence-electron chi connectivity index (χ1n) is 11.5. The number of aliphatic hydroxyl groups is 1. The Morgan fingerprint density at radius 3 is 2.56 bits per heavy atom.